The Morgan fingerprint density at radius 2 is 1.88 bits per heavy atom. The van der Waals surface area contributed by atoms with Crippen LogP contribution in [0.5, 0.6) is 5.75 Å². The number of hydrogen-bond donors (Lipinski definition) is 1. The maximum absolute atomic E-state index is 12.2. The smallest absolute Gasteiger partial charge is 0.228 e. The Bertz CT molecular complexity index is 1020. The lowest BCUT2D eigenvalue weighted by Gasteiger charge is -2.06. The van der Waals surface area contributed by atoms with Gasteiger partial charge in [-0.05, 0) is 36.4 Å². The Morgan fingerprint density at radius 1 is 1.16 bits per heavy atom. The van der Waals surface area contributed by atoms with Crippen molar-refractivity contribution < 1.29 is 22.4 Å². The van der Waals surface area contributed by atoms with Crippen molar-refractivity contribution in [3.05, 3.63) is 54.3 Å². The van der Waals surface area contributed by atoms with Crippen LogP contribution in [0.3, 0.4) is 0 Å². The summed E-state index contributed by atoms with van der Waals surface area (Å²) in [6.45, 7) is 0. The fraction of sp³-hybridized carbons (Fsp3) is 0.167. The number of benzene rings is 2. The van der Waals surface area contributed by atoms with Gasteiger partial charge in [-0.3, -0.25) is 4.79 Å². The van der Waals surface area contributed by atoms with Crippen molar-refractivity contribution in [2.75, 3.05) is 18.7 Å². The highest BCUT2D eigenvalue weighted by atomic mass is 32.2. The summed E-state index contributed by atoms with van der Waals surface area (Å²) in [5.74, 6) is 0.467. The molecule has 0 radical (unpaired) electrons. The molecule has 0 fully saturated rings. The van der Waals surface area contributed by atoms with Crippen molar-refractivity contribution in [2.45, 2.75) is 11.3 Å². The van der Waals surface area contributed by atoms with Crippen LogP contribution in [-0.4, -0.2) is 27.7 Å². The second kappa shape index (κ2) is 6.60. The number of rotatable bonds is 5. The van der Waals surface area contributed by atoms with Crippen LogP contribution in [0.1, 0.15) is 5.56 Å². The maximum Gasteiger partial charge on any atom is 0.228 e. The molecule has 0 unspecified atom stereocenters. The average Bonchev–Trinajstić information content (AvgIpc) is 2.96. The van der Waals surface area contributed by atoms with Crippen LogP contribution in [0.2, 0.25) is 0 Å². The zero-order valence-corrected chi connectivity index (χ0v) is 14.6. The van der Waals surface area contributed by atoms with E-state index < -0.39 is 9.84 Å². The topological polar surface area (TPSA) is 85.6 Å². The van der Waals surface area contributed by atoms with Crippen molar-refractivity contribution >= 4 is 32.4 Å². The number of carbonyl (C=O) groups is 1. The first-order valence-electron chi connectivity index (χ1n) is 7.51. The van der Waals surface area contributed by atoms with Gasteiger partial charge in [-0.1, -0.05) is 0 Å². The maximum atomic E-state index is 12.2. The van der Waals surface area contributed by atoms with Crippen molar-refractivity contribution in [2.24, 2.45) is 0 Å². The molecule has 1 amide bonds. The summed E-state index contributed by atoms with van der Waals surface area (Å²) < 4.78 is 33.5. The molecule has 0 aliphatic carbocycles. The molecule has 25 heavy (non-hydrogen) atoms. The van der Waals surface area contributed by atoms with Crippen molar-refractivity contribution in [3.8, 4) is 5.75 Å². The molecule has 0 saturated carbocycles. The van der Waals surface area contributed by atoms with E-state index in [4.69, 9.17) is 9.15 Å². The third-order valence-corrected chi connectivity index (χ3v) is 4.91. The first kappa shape index (κ1) is 17.0. The number of anilines is 1. The van der Waals surface area contributed by atoms with Crippen LogP contribution < -0.4 is 10.1 Å². The Kier molecular flexibility index (Phi) is 4.50. The van der Waals surface area contributed by atoms with E-state index in [2.05, 4.69) is 5.32 Å². The molecule has 130 valence electrons. The minimum Gasteiger partial charge on any atom is -0.497 e. The van der Waals surface area contributed by atoms with Gasteiger partial charge in [0.25, 0.3) is 0 Å². The molecule has 1 N–H and O–H groups in total. The molecule has 0 aliphatic heterocycles. The van der Waals surface area contributed by atoms with Crippen molar-refractivity contribution in [1.29, 1.82) is 0 Å². The molecule has 0 bridgehead atoms. The first-order valence-corrected chi connectivity index (χ1v) is 9.40. The number of amides is 1. The van der Waals surface area contributed by atoms with Gasteiger partial charge in [0.05, 0.1) is 24.7 Å². The second-order valence-corrected chi connectivity index (χ2v) is 7.66. The number of hydrogen-bond acceptors (Lipinski definition) is 5. The van der Waals surface area contributed by atoms with Crippen LogP contribution in [0.15, 0.2) is 58.0 Å². The van der Waals surface area contributed by atoms with Gasteiger partial charge in [0.15, 0.2) is 9.84 Å². The molecule has 6 nitrogen and oxygen atoms in total. The van der Waals surface area contributed by atoms with Crippen molar-refractivity contribution in [3.63, 3.8) is 0 Å². The molecule has 1 heterocycles. The normalized spacial score (nSPS) is 11.4. The summed E-state index contributed by atoms with van der Waals surface area (Å²) in [6, 6.07) is 11.5. The lowest BCUT2D eigenvalue weighted by Crippen LogP contribution is -2.14. The fourth-order valence-corrected chi connectivity index (χ4v) is 3.12. The third kappa shape index (κ3) is 3.83. The molecule has 1 aromatic heterocycles. The summed E-state index contributed by atoms with van der Waals surface area (Å²) in [5.41, 5.74) is 1.95. The molecule has 0 aliphatic rings. The number of furan rings is 1. The highest BCUT2D eigenvalue weighted by molar-refractivity contribution is 7.90. The highest BCUT2D eigenvalue weighted by Gasteiger charge is 2.12. The lowest BCUT2D eigenvalue weighted by atomic mass is 10.1. The predicted molar refractivity (Wildman–Crippen MR) is 94.7 cm³/mol. The molecule has 3 rings (SSSR count). The number of ether oxygens (including phenoxy) is 1. The van der Waals surface area contributed by atoms with Gasteiger partial charge in [-0.25, -0.2) is 8.42 Å². The number of carbonyl (C=O) groups excluding carboxylic acids is 1. The average molecular weight is 359 g/mol. The lowest BCUT2D eigenvalue weighted by molar-refractivity contribution is -0.115. The Morgan fingerprint density at radius 3 is 2.52 bits per heavy atom. The van der Waals surface area contributed by atoms with E-state index in [-0.39, 0.29) is 17.2 Å². The van der Waals surface area contributed by atoms with Gasteiger partial charge in [0.1, 0.15) is 11.3 Å². The Balaban J connectivity index is 1.72. The van der Waals surface area contributed by atoms with E-state index in [1.165, 1.54) is 12.1 Å². The van der Waals surface area contributed by atoms with Gasteiger partial charge in [0, 0.05) is 29.0 Å². The summed E-state index contributed by atoms with van der Waals surface area (Å²) in [7, 11) is -1.68. The van der Waals surface area contributed by atoms with Crippen LogP contribution in [0.4, 0.5) is 5.69 Å². The molecule has 0 spiro atoms. The monoisotopic (exact) mass is 359 g/mol. The quantitative estimate of drug-likeness (QED) is 0.757. The van der Waals surface area contributed by atoms with Gasteiger partial charge in [-0.2, -0.15) is 0 Å². The molecular weight excluding hydrogens is 342 g/mol. The molecule has 0 atom stereocenters. The van der Waals surface area contributed by atoms with E-state index >= 15 is 0 Å². The Labute approximate surface area is 145 Å². The molecule has 2 aromatic carbocycles. The van der Waals surface area contributed by atoms with E-state index in [1.807, 2.05) is 12.1 Å². The molecule has 7 heteroatoms. The second-order valence-electron chi connectivity index (χ2n) is 5.64. The van der Waals surface area contributed by atoms with Crippen LogP contribution >= 0.6 is 0 Å². The predicted octanol–water partition coefficient (Wildman–Crippen LogP) is 3.03. The minimum atomic E-state index is -3.25. The zero-order valence-electron chi connectivity index (χ0n) is 13.8. The van der Waals surface area contributed by atoms with Gasteiger partial charge >= 0.3 is 0 Å². The van der Waals surface area contributed by atoms with E-state index in [1.54, 1.807) is 31.6 Å². The summed E-state index contributed by atoms with van der Waals surface area (Å²) in [5, 5.41) is 3.60. The minimum absolute atomic E-state index is 0.146. The van der Waals surface area contributed by atoms with Gasteiger partial charge in [-0.15, -0.1) is 0 Å². The number of fused-ring (bicyclic) bond motifs is 1. The van der Waals surface area contributed by atoms with E-state index in [0.29, 0.717) is 17.0 Å². The van der Waals surface area contributed by atoms with Crippen LogP contribution in [0, 0.1) is 0 Å². The number of methoxy groups -OCH3 is 1. The van der Waals surface area contributed by atoms with Gasteiger partial charge in [0.2, 0.25) is 5.91 Å². The third-order valence-electron chi connectivity index (χ3n) is 3.78. The Hall–Kier alpha value is -2.80. The zero-order chi connectivity index (χ0) is 18.0. The summed E-state index contributed by atoms with van der Waals surface area (Å²) in [6.07, 6.45) is 2.84. The van der Waals surface area contributed by atoms with E-state index in [0.717, 1.165) is 17.2 Å². The van der Waals surface area contributed by atoms with Gasteiger partial charge < -0.3 is 14.5 Å². The number of sulfone groups is 1. The standard InChI is InChI=1S/C18H17NO5S/c1-23-14-5-8-16-12(11-24-17(16)10-14)9-18(20)19-13-3-6-15(7-4-13)25(2,21)22/h3-8,10-11H,9H2,1-2H3,(H,19,20). The molecule has 0 saturated heterocycles. The summed E-state index contributed by atoms with van der Waals surface area (Å²) >= 11 is 0. The first-order chi connectivity index (χ1) is 11.9. The fourth-order valence-electron chi connectivity index (χ4n) is 2.49. The number of nitrogens with one attached hydrogen (secondary N) is 1. The van der Waals surface area contributed by atoms with Crippen LogP contribution in [0.25, 0.3) is 11.0 Å². The van der Waals surface area contributed by atoms with Crippen LogP contribution in [-0.2, 0) is 21.1 Å². The van der Waals surface area contributed by atoms with E-state index in [9.17, 15) is 13.2 Å². The largest absolute Gasteiger partial charge is 0.497 e. The summed E-state index contributed by atoms with van der Waals surface area (Å²) in [4.78, 5) is 12.4. The molecule has 3 aromatic rings. The highest BCUT2D eigenvalue weighted by Crippen LogP contribution is 2.26. The SMILES string of the molecule is COc1ccc2c(CC(=O)Nc3ccc(S(C)(=O)=O)cc3)coc2c1. The molecular formula is C18H17NO5S. The van der Waals surface area contributed by atoms with Crippen molar-refractivity contribution in [1.82, 2.24) is 0 Å².